The smallest absolute Gasteiger partial charge is 0.242 e. The van der Waals surface area contributed by atoms with E-state index >= 15 is 0 Å². The lowest BCUT2D eigenvalue weighted by Crippen LogP contribution is -2.60. The minimum absolute atomic E-state index is 0.0182. The average molecular weight is 387 g/mol. The zero-order valence-corrected chi connectivity index (χ0v) is 15.1. The molecule has 3 rings (SSSR count). The number of halogens is 2. The van der Waals surface area contributed by atoms with Gasteiger partial charge in [0.15, 0.2) is 0 Å². The van der Waals surface area contributed by atoms with Gasteiger partial charge in [0.25, 0.3) is 0 Å². The van der Waals surface area contributed by atoms with Crippen molar-refractivity contribution in [2.24, 2.45) is 0 Å². The van der Waals surface area contributed by atoms with Crippen LogP contribution in [0.4, 0.5) is 0 Å². The molecule has 0 spiro atoms. The van der Waals surface area contributed by atoms with Crippen molar-refractivity contribution in [1.82, 2.24) is 9.80 Å². The van der Waals surface area contributed by atoms with Crippen molar-refractivity contribution in [1.29, 1.82) is 0 Å². The lowest BCUT2D eigenvalue weighted by molar-refractivity contribution is -0.150. The Morgan fingerprint density at radius 2 is 2.08 bits per heavy atom. The number of hydrogen-bond donors (Lipinski definition) is 2. The number of carbonyl (C=O) groups excluding carboxylic acids is 2. The zero-order valence-electron chi connectivity index (χ0n) is 13.6. The summed E-state index contributed by atoms with van der Waals surface area (Å²) in [6.07, 6.45) is 1.30. The first kappa shape index (κ1) is 18.3. The number of aromatic hydroxyl groups is 1. The summed E-state index contributed by atoms with van der Waals surface area (Å²) >= 11 is 12.4. The molecule has 0 bridgehead atoms. The van der Waals surface area contributed by atoms with E-state index in [9.17, 15) is 14.7 Å². The first-order chi connectivity index (χ1) is 11.9. The highest BCUT2D eigenvalue weighted by Crippen LogP contribution is 2.43. The van der Waals surface area contributed by atoms with Gasteiger partial charge in [-0.3, -0.25) is 9.59 Å². The molecule has 2 fully saturated rings. The van der Waals surface area contributed by atoms with Gasteiger partial charge in [-0.15, -0.1) is 0 Å². The van der Waals surface area contributed by atoms with Gasteiger partial charge < -0.3 is 20.0 Å². The molecule has 136 valence electrons. The Morgan fingerprint density at radius 3 is 2.80 bits per heavy atom. The van der Waals surface area contributed by atoms with Crippen LogP contribution in [0.2, 0.25) is 10.0 Å². The van der Waals surface area contributed by atoms with Crippen LogP contribution in [0.25, 0.3) is 0 Å². The molecule has 1 aromatic carbocycles. The molecule has 0 aromatic heterocycles. The number of piperidine rings is 1. The molecule has 0 radical (unpaired) electrons. The van der Waals surface area contributed by atoms with Gasteiger partial charge in [0.05, 0.1) is 23.2 Å². The minimum Gasteiger partial charge on any atom is -0.508 e. The molecule has 0 aliphatic carbocycles. The van der Waals surface area contributed by atoms with E-state index in [1.54, 1.807) is 11.0 Å². The maximum atomic E-state index is 12.4. The number of carbonyl (C=O) groups is 2. The van der Waals surface area contributed by atoms with Crippen LogP contribution in [0.15, 0.2) is 12.1 Å². The molecule has 2 N–H and O–H groups in total. The Kier molecular flexibility index (Phi) is 5.41. The summed E-state index contributed by atoms with van der Waals surface area (Å²) in [5.74, 6) is -0.236. The summed E-state index contributed by atoms with van der Waals surface area (Å²) in [7, 11) is 0. The number of hydrogen-bond acceptors (Lipinski definition) is 4. The third-order valence-electron chi connectivity index (χ3n) is 4.99. The number of phenols is 1. The average Bonchev–Trinajstić information content (AvgIpc) is 2.58. The summed E-state index contributed by atoms with van der Waals surface area (Å²) in [5.41, 5.74) is 0.611. The molecule has 2 aliphatic heterocycles. The highest BCUT2D eigenvalue weighted by Gasteiger charge is 2.39. The number of aliphatic hydroxyl groups is 1. The first-order valence-corrected chi connectivity index (χ1v) is 9.03. The second-order valence-corrected chi connectivity index (χ2v) is 7.29. The van der Waals surface area contributed by atoms with Crippen molar-refractivity contribution in [3.63, 3.8) is 0 Å². The lowest BCUT2D eigenvalue weighted by Gasteiger charge is -2.46. The SMILES string of the molecule is O=C(CCO)N1CC(=O)N2CC[C@H](c3c(O)ccc(Cl)c3Cl)C[C@@H]2C1. The van der Waals surface area contributed by atoms with Crippen molar-refractivity contribution < 1.29 is 19.8 Å². The quantitative estimate of drug-likeness (QED) is 0.832. The summed E-state index contributed by atoms with van der Waals surface area (Å²) in [6, 6.07) is 2.95. The molecular weight excluding hydrogens is 367 g/mol. The fourth-order valence-corrected chi connectivity index (χ4v) is 4.25. The van der Waals surface area contributed by atoms with Gasteiger partial charge in [0.1, 0.15) is 5.75 Å². The zero-order chi connectivity index (χ0) is 18.1. The Labute approximate surface area is 155 Å². The molecule has 2 amide bonds. The Balaban J connectivity index is 1.80. The van der Waals surface area contributed by atoms with E-state index in [2.05, 4.69) is 0 Å². The predicted molar refractivity (Wildman–Crippen MR) is 93.9 cm³/mol. The van der Waals surface area contributed by atoms with Crippen LogP contribution in [-0.4, -0.2) is 64.1 Å². The highest BCUT2D eigenvalue weighted by molar-refractivity contribution is 6.42. The van der Waals surface area contributed by atoms with E-state index in [1.807, 2.05) is 0 Å². The Morgan fingerprint density at radius 1 is 1.32 bits per heavy atom. The largest absolute Gasteiger partial charge is 0.508 e. The number of piperazine rings is 1. The van der Waals surface area contributed by atoms with E-state index in [0.29, 0.717) is 41.5 Å². The molecule has 2 saturated heterocycles. The summed E-state index contributed by atoms with van der Waals surface area (Å²) in [6.45, 7) is 0.814. The van der Waals surface area contributed by atoms with Crippen molar-refractivity contribution in [3.8, 4) is 5.75 Å². The monoisotopic (exact) mass is 386 g/mol. The van der Waals surface area contributed by atoms with Crippen LogP contribution in [-0.2, 0) is 9.59 Å². The maximum Gasteiger partial charge on any atom is 0.242 e. The molecule has 2 heterocycles. The van der Waals surface area contributed by atoms with Gasteiger partial charge in [0, 0.05) is 31.1 Å². The third kappa shape index (κ3) is 3.57. The van der Waals surface area contributed by atoms with E-state index in [-0.39, 0.29) is 49.1 Å². The molecule has 1 aromatic rings. The molecule has 0 unspecified atom stereocenters. The van der Waals surface area contributed by atoms with Crippen LogP contribution in [0, 0.1) is 0 Å². The lowest BCUT2D eigenvalue weighted by atomic mass is 9.83. The molecule has 2 aliphatic rings. The van der Waals surface area contributed by atoms with E-state index < -0.39 is 0 Å². The number of phenolic OH excluding ortho intramolecular Hbond substituents is 1. The first-order valence-electron chi connectivity index (χ1n) is 8.27. The van der Waals surface area contributed by atoms with Crippen LogP contribution in [0.3, 0.4) is 0 Å². The van der Waals surface area contributed by atoms with Crippen molar-refractivity contribution >= 4 is 35.0 Å². The number of nitrogens with zero attached hydrogens (tertiary/aromatic N) is 2. The standard InChI is InChI=1S/C17H20Cl2N2O4/c18-12-1-2-13(23)16(17(12)19)10-3-5-21-11(7-10)8-20(9-15(21)25)14(24)4-6-22/h1-2,10-11,22-23H,3-9H2/t10-,11+/m0/s1. The van der Waals surface area contributed by atoms with Crippen molar-refractivity contribution in [2.75, 3.05) is 26.2 Å². The molecular formula is C17H20Cl2N2O4. The molecule has 0 saturated carbocycles. The summed E-state index contributed by atoms with van der Waals surface area (Å²) in [4.78, 5) is 27.7. The second kappa shape index (κ2) is 7.40. The van der Waals surface area contributed by atoms with Crippen LogP contribution < -0.4 is 0 Å². The van der Waals surface area contributed by atoms with Gasteiger partial charge in [0.2, 0.25) is 11.8 Å². The van der Waals surface area contributed by atoms with Crippen LogP contribution >= 0.6 is 23.2 Å². The minimum atomic E-state index is -0.230. The Bertz CT molecular complexity index is 697. The maximum absolute atomic E-state index is 12.4. The number of aliphatic hydroxyl groups excluding tert-OH is 1. The second-order valence-electron chi connectivity index (χ2n) is 6.50. The van der Waals surface area contributed by atoms with Crippen molar-refractivity contribution in [3.05, 3.63) is 27.7 Å². The topological polar surface area (TPSA) is 81.1 Å². The number of amides is 2. The van der Waals surface area contributed by atoms with Gasteiger partial charge in [-0.05, 0) is 30.9 Å². The Hall–Kier alpha value is -1.50. The van der Waals surface area contributed by atoms with Crippen molar-refractivity contribution in [2.45, 2.75) is 31.2 Å². The molecule has 8 heteroatoms. The number of benzene rings is 1. The summed E-state index contributed by atoms with van der Waals surface area (Å²) in [5, 5.41) is 19.9. The van der Waals surface area contributed by atoms with Crippen LogP contribution in [0.1, 0.15) is 30.7 Å². The molecule has 2 atom stereocenters. The van der Waals surface area contributed by atoms with Gasteiger partial charge in [-0.25, -0.2) is 0 Å². The predicted octanol–water partition coefficient (Wildman–Crippen LogP) is 2.00. The van der Waals surface area contributed by atoms with Crippen LogP contribution in [0.5, 0.6) is 5.75 Å². The van der Waals surface area contributed by atoms with Gasteiger partial charge in [-0.1, -0.05) is 23.2 Å². The fraction of sp³-hybridized carbons (Fsp3) is 0.529. The fourth-order valence-electron chi connectivity index (χ4n) is 3.78. The normalized spacial score (nSPS) is 23.6. The number of rotatable bonds is 3. The van der Waals surface area contributed by atoms with E-state index in [0.717, 1.165) is 0 Å². The van der Waals surface area contributed by atoms with Gasteiger partial charge >= 0.3 is 0 Å². The summed E-state index contributed by atoms with van der Waals surface area (Å²) < 4.78 is 0. The molecule has 6 nitrogen and oxygen atoms in total. The highest BCUT2D eigenvalue weighted by atomic mass is 35.5. The third-order valence-corrected chi connectivity index (χ3v) is 5.81. The van der Waals surface area contributed by atoms with E-state index in [1.165, 1.54) is 11.0 Å². The van der Waals surface area contributed by atoms with E-state index in [4.69, 9.17) is 28.3 Å². The number of fused-ring (bicyclic) bond motifs is 1. The molecule has 25 heavy (non-hydrogen) atoms. The van der Waals surface area contributed by atoms with Gasteiger partial charge in [-0.2, -0.15) is 0 Å².